The first-order valence-corrected chi connectivity index (χ1v) is 9.65. The molecule has 4 nitrogen and oxygen atoms in total. The topological polar surface area (TPSA) is 58.2 Å². The Morgan fingerprint density at radius 3 is 2.71 bits per heavy atom. The van der Waals surface area contributed by atoms with Crippen molar-refractivity contribution in [1.82, 2.24) is 5.32 Å². The molecule has 7 heteroatoms. The summed E-state index contributed by atoms with van der Waals surface area (Å²) in [6.45, 7) is 5.22. The number of thiophene rings is 1. The molecule has 21 heavy (non-hydrogen) atoms. The van der Waals surface area contributed by atoms with Gasteiger partial charge in [-0.3, -0.25) is 4.72 Å². The molecule has 0 radical (unpaired) electrons. The van der Waals surface area contributed by atoms with Gasteiger partial charge in [-0.1, -0.05) is 22.9 Å². The highest BCUT2D eigenvalue weighted by Crippen LogP contribution is 2.26. The maximum absolute atomic E-state index is 12.5. The van der Waals surface area contributed by atoms with Gasteiger partial charge >= 0.3 is 0 Å². The van der Waals surface area contributed by atoms with E-state index in [-0.39, 0.29) is 0 Å². The summed E-state index contributed by atoms with van der Waals surface area (Å²) in [5, 5.41) is 4.96. The standard InChI is InChI=1S/C14H17BrN2O2S2/c1-3-16-9-13-14(6-7-20-13)21(18,19)17-12-5-4-11(15)8-10(12)2/h4-8,16-17H,3,9H2,1-2H3. The number of rotatable bonds is 6. The van der Waals surface area contributed by atoms with Crippen LogP contribution in [0.4, 0.5) is 5.69 Å². The molecule has 0 bridgehead atoms. The predicted octanol–water partition coefficient (Wildman–Crippen LogP) is 3.73. The van der Waals surface area contributed by atoms with Gasteiger partial charge in [-0.15, -0.1) is 11.3 Å². The van der Waals surface area contributed by atoms with E-state index in [0.717, 1.165) is 21.5 Å². The lowest BCUT2D eigenvalue weighted by Gasteiger charge is -2.11. The van der Waals surface area contributed by atoms with Crippen LogP contribution in [0.1, 0.15) is 17.4 Å². The third-order valence-corrected chi connectivity index (χ3v) is 5.96. The largest absolute Gasteiger partial charge is 0.312 e. The lowest BCUT2D eigenvalue weighted by molar-refractivity contribution is 0.599. The molecule has 1 aromatic heterocycles. The van der Waals surface area contributed by atoms with Crippen molar-refractivity contribution in [3.63, 3.8) is 0 Å². The molecule has 0 spiro atoms. The van der Waals surface area contributed by atoms with Crippen molar-refractivity contribution in [3.8, 4) is 0 Å². The molecule has 0 atom stereocenters. The van der Waals surface area contributed by atoms with E-state index in [2.05, 4.69) is 26.0 Å². The van der Waals surface area contributed by atoms with Crippen molar-refractivity contribution in [1.29, 1.82) is 0 Å². The fourth-order valence-electron chi connectivity index (χ4n) is 1.88. The predicted molar refractivity (Wildman–Crippen MR) is 91.4 cm³/mol. The first-order chi connectivity index (χ1) is 9.94. The lowest BCUT2D eigenvalue weighted by atomic mass is 10.2. The highest BCUT2D eigenvalue weighted by Gasteiger charge is 2.20. The molecule has 2 aromatic rings. The minimum Gasteiger partial charge on any atom is -0.312 e. The van der Waals surface area contributed by atoms with Crippen molar-refractivity contribution in [2.24, 2.45) is 0 Å². The summed E-state index contributed by atoms with van der Waals surface area (Å²) in [4.78, 5) is 1.16. The summed E-state index contributed by atoms with van der Waals surface area (Å²) in [5.41, 5.74) is 1.47. The Labute approximate surface area is 137 Å². The van der Waals surface area contributed by atoms with Crippen LogP contribution in [0, 0.1) is 6.92 Å². The van der Waals surface area contributed by atoms with Gasteiger partial charge in [0.05, 0.1) is 5.69 Å². The Morgan fingerprint density at radius 2 is 2.05 bits per heavy atom. The highest BCUT2D eigenvalue weighted by molar-refractivity contribution is 9.10. The van der Waals surface area contributed by atoms with E-state index < -0.39 is 10.0 Å². The van der Waals surface area contributed by atoms with E-state index in [0.29, 0.717) is 17.1 Å². The van der Waals surface area contributed by atoms with Crippen molar-refractivity contribution in [2.45, 2.75) is 25.3 Å². The SMILES string of the molecule is CCNCc1sccc1S(=O)(=O)Nc1ccc(Br)cc1C. The van der Waals surface area contributed by atoms with Crippen LogP contribution in [-0.4, -0.2) is 15.0 Å². The second kappa shape index (κ2) is 6.91. The van der Waals surface area contributed by atoms with E-state index in [1.807, 2.05) is 26.0 Å². The van der Waals surface area contributed by atoms with Gasteiger partial charge in [0.15, 0.2) is 0 Å². The molecule has 0 unspecified atom stereocenters. The molecule has 0 saturated carbocycles. The Balaban J connectivity index is 2.28. The lowest BCUT2D eigenvalue weighted by Crippen LogP contribution is -2.17. The Hall–Kier alpha value is -0.890. The first kappa shape index (κ1) is 16.5. The molecule has 0 aliphatic heterocycles. The normalized spacial score (nSPS) is 11.6. The van der Waals surface area contributed by atoms with Gasteiger partial charge in [0.25, 0.3) is 10.0 Å². The second-order valence-electron chi connectivity index (χ2n) is 4.55. The van der Waals surface area contributed by atoms with E-state index in [9.17, 15) is 8.42 Å². The number of nitrogens with one attached hydrogen (secondary N) is 2. The Morgan fingerprint density at radius 1 is 1.29 bits per heavy atom. The average molecular weight is 389 g/mol. The Kier molecular flexibility index (Phi) is 5.43. The number of aryl methyl sites for hydroxylation is 1. The number of halogens is 1. The zero-order valence-corrected chi connectivity index (χ0v) is 15.0. The van der Waals surface area contributed by atoms with Gasteiger partial charge in [0, 0.05) is 15.9 Å². The van der Waals surface area contributed by atoms with Crippen molar-refractivity contribution < 1.29 is 8.42 Å². The minimum absolute atomic E-state index is 0.343. The number of sulfonamides is 1. The number of benzene rings is 1. The van der Waals surface area contributed by atoms with Crippen molar-refractivity contribution in [2.75, 3.05) is 11.3 Å². The number of hydrogen-bond donors (Lipinski definition) is 2. The Bertz CT molecular complexity index is 726. The van der Waals surface area contributed by atoms with Crippen LogP contribution in [0.5, 0.6) is 0 Å². The third kappa shape index (κ3) is 4.06. The van der Waals surface area contributed by atoms with Crippen LogP contribution in [-0.2, 0) is 16.6 Å². The molecular formula is C14H17BrN2O2S2. The summed E-state index contributed by atoms with van der Waals surface area (Å²) in [7, 11) is -3.56. The van der Waals surface area contributed by atoms with Crippen LogP contribution in [0.3, 0.4) is 0 Å². The van der Waals surface area contributed by atoms with Gasteiger partial charge in [-0.2, -0.15) is 0 Å². The molecule has 0 amide bonds. The molecule has 114 valence electrons. The molecule has 0 saturated heterocycles. The van der Waals surface area contributed by atoms with Gasteiger partial charge in [-0.25, -0.2) is 8.42 Å². The molecule has 0 fully saturated rings. The maximum atomic E-state index is 12.5. The molecule has 0 aliphatic carbocycles. The molecule has 2 N–H and O–H groups in total. The summed E-state index contributed by atoms with van der Waals surface area (Å²) < 4.78 is 28.7. The molecular weight excluding hydrogens is 372 g/mol. The van der Waals surface area contributed by atoms with Gasteiger partial charge in [-0.05, 0) is 48.7 Å². The summed E-state index contributed by atoms with van der Waals surface area (Å²) in [6, 6.07) is 7.10. The molecule has 1 heterocycles. The minimum atomic E-state index is -3.56. The van der Waals surface area contributed by atoms with E-state index in [1.165, 1.54) is 11.3 Å². The van der Waals surface area contributed by atoms with Crippen molar-refractivity contribution >= 4 is 43.0 Å². The van der Waals surface area contributed by atoms with Crippen molar-refractivity contribution in [3.05, 3.63) is 44.6 Å². The van der Waals surface area contributed by atoms with Crippen LogP contribution in [0.15, 0.2) is 39.0 Å². The fourth-order valence-corrected chi connectivity index (χ4v) is 4.90. The van der Waals surface area contributed by atoms with Crippen LogP contribution >= 0.6 is 27.3 Å². The van der Waals surface area contributed by atoms with Crippen LogP contribution < -0.4 is 10.0 Å². The van der Waals surface area contributed by atoms with Crippen LogP contribution in [0.25, 0.3) is 0 Å². The second-order valence-corrected chi connectivity index (χ2v) is 8.12. The van der Waals surface area contributed by atoms with E-state index in [4.69, 9.17) is 0 Å². The van der Waals surface area contributed by atoms with Gasteiger partial charge in [0.2, 0.25) is 0 Å². The zero-order valence-electron chi connectivity index (χ0n) is 11.8. The summed E-state index contributed by atoms with van der Waals surface area (Å²) >= 11 is 4.82. The first-order valence-electron chi connectivity index (χ1n) is 6.50. The zero-order chi connectivity index (χ0) is 15.5. The van der Waals surface area contributed by atoms with Gasteiger partial charge in [0.1, 0.15) is 4.90 Å². The third-order valence-electron chi connectivity index (χ3n) is 2.96. The summed E-state index contributed by atoms with van der Waals surface area (Å²) in [6.07, 6.45) is 0. The molecule has 2 rings (SSSR count). The smallest absolute Gasteiger partial charge is 0.263 e. The summed E-state index contributed by atoms with van der Waals surface area (Å²) in [5.74, 6) is 0. The fraction of sp³-hybridized carbons (Fsp3) is 0.286. The molecule has 0 aliphatic rings. The molecule has 1 aromatic carbocycles. The van der Waals surface area contributed by atoms with Gasteiger partial charge < -0.3 is 5.32 Å². The van der Waals surface area contributed by atoms with E-state index in [1.54, 1.807) is 17.5 Å². The quantitative estimate of drug-likeness (QED) is 0.792. The van der Waals surface area contributed by atoms with Crippen LogP contribution in [0.2, 0.25) is 0 Å². The highest BCUT2D eigenvalue weighted by atomic mass is 79.9. The number of hydrogen-bond acceptors (Lipinski definition) is 4. The van der Waals surface area contributed by atoms with E-state index >= 15 is 0 Å². The maximum Gasteiger partial charge on any atom is 0.263 e. The average Bonchev–Trinajstić information content (AvgIpc) is 2.89. The number of anilines is 1. The monoisotopic (exact) mass is 388 g/mol.